The molecular weight excluding hydrogens is 243 g/mol. The minimum atomic E-state index is -4.38. The van der Waals surface area contributed by atoms with Gasteiger partial charge < -0.3 is 0 Å². The first-order valence-corrected chi connectivity index (χ1v) is 5.49. The van der Waals surface area contributed by atoms with E-state index in [4.69, 9.17) is 0 Å². The molecule has 3 nitrogen and oxygen atoms in total. The quantitative estimate of drug-likeness (QED) is 0.825. The van der Waals surface area contributed by atoms with Crippen LogP contribution in [0.3, 0.4) is 0 Å². The highest BCUT2D eigenvalue weighted by molar-refractivity contribution is 5.35. The molecule has 2 rings (SSSR count). The number of hydrogen-bond donors (Lipinski definition) is 0. The van der Waals surface area contributed by atoms with Crippen molar-refractivity contribution in [2.45, 2.75) is 26.4 Å². The van der Waals surface area contributed by atoms with Gasteiger partial charge in [0.05, 0.1) is 11.8 Å². The van der Waals surface area contributed by atoms with Gasteiger partial charge in [0, 0.05) is 12.4 Å². The third-order valence-corrected chi connectivity index (χ3v) is 2.64. The molecule has 0 spiro atoms. The van der Waals surface area contributed by atoms with Gasteiger partial charge >= 0.3 is 6.18 Å². The number of halogens is 3. The van der Waals surface area contributed by atoms with Crippen LogP contribution in [0.25, 0.3) is 5.82 Å². The van der Waals surface area contributed by atoms with E-state index >= 15 is 0 Å². The van der Waals surface area contributed by atoms with Crippen molar-refractivity contribution in [2.24, 2.45) is 0 Å². The van der Waals surface area contributed by atoms with Gasteiger partial charge in [0.15, 0.2) is 5.82 Å². The van der Waals surface area contributed by atoms with Crippen molar-refractivity contribution in [3.05, 3.63) is 41.3 Å². The normalized spacial score (nSPS) is 11.8. The lowest BCUT2D eigenvalue weighted by molar-refractivity contribution is -0.137. The Morgan fingerprint density at radius 1 is 1.28 bits per heavy atom. The van der Waals surface area contributed by atoms with E-state index in [1.165, 1.54) is 0 Å². The molecule has 6 heteroatoms. The van der Waals surface area contributed by atoms with Crippen LogP contribution in [0.5, 0.6) is 0 Å². The summed E-state index contributed by atoms with van der Waals surface area (Å²) < 4.78 is 38.5. The van der Waals surface area contributed by atoms with Crippen LogP contribution in [-0.2, 0) is 12.6 Å². The molecule has 0 saturated heterocycles. The summed E-state index contributed by atoms with van der Waals surface area (Å²) in [5, 5.41) is 3.70. The summed E-state index contributed by atoms with van der Waals surface area (Å²) in [4.78, 5) is 4.15. The maximum absolute atomic E-state index is 12.5. The lowest BCUT2D eigenvalue weighted by Gasteiger charge is -2.06. The van der Waals surface area contributed by atoms with Crippen molar-refractivity contribution in [2.75, 3.05) is 0 Å². The maximum Gasteiger partial charge on any atom is 0.419 e. The fraction of sp³-hybridized carbons (Fsp3) is 0.333. The van der Waals surface area contributed by atoms with Crippen molar-refractivity contribution in [1.82, 2.24) is 14.8 Å². The third-order valence-electron chi connectivity index (χ3n) is 2.64. The average molecular weight is 255 g/mol. The van der Waals surface area contributed by atoms with E-state index in [0.29, 0.717) is 5.82 Å². The number of aromatic nitrogens is 3. The van der Waals surface area contributed by atoms with Crippen LogP contribution in [0.2, 0.25) is 0 Å². The zero-order valence-corrected chi connectivity index (χ0v) is 9.99. The summed E-state index contributed by atoms with van der Waals surface area (Å²) in [5.74, 6) is 0.419. The predicted octanol–water partition coefficient (Wildman–Crippen LogP) is 3.16. The Balaban J connectivity index is 2.40. The van der Waals surface area contributed by atoms with Gasteiger partial charge in [-0.2, -0.15) is 18.3 Å². The minimum absolute atomic E-state index is 0.419. The van der Waals surface area contributed by atoms with Crippen LogP contribution in [0.1, 0.15) is 23.6 Å². The molecule has 2 aromatic heterocycles. The van der Waals surface area contributed by atoms with Crippen molar-refractivity contribution >= 4 is 0 Å². The van der Waals surface area contributed by atoms with Crippen LogP contribution in [0.4, 0.5) is 13.2 Å². The van der Waals surface area contributed by atoms with Gasteiger partial charge in [0.1, 0.15) is 0 Å². The highest BCUT2D eigenvalue weighted by atomic mass is 19.4. The highest BCUT2D eigenvalue weighted by Gasteiger charge is 2.32. The summed E-state index contributed by atoms with van der Waals surface area (Å²) in [6, 6.07) is 1.90. The van der Waals surface area contributed by atoms with Crippen molar-refractivity contribution in [1.29, 1.82) is 0 Å². The van der Waals surface area contributed by atoms with Crippen LogP contribution in [0.15, 0.2) is 24.7 Å². The Bertz CT molecular complexity index is 558. The van der Waals surface area contributed by atoms with E-state index < -0.39 is 11.7 Å². The Morgan fingerprint density at radius 3 is 2.50 bits per heavy atom. The number of alkyl halides is 3. The number of pyridine rings is 1. The minimum Gasteiger partial charge on any atom is -0.237 e. The lowest BCUT2D eigenvalue weighted by Crippen LogP contribution is -2.04. The van der Waals surface area contributed by atoms with Gasteiger partial charge in [-0.3, -0.25) is 0 Å². The molecule has 2 aromatic rings. The zero-order chi connectivity index (χ0) is 13.3. The first-order valence-electron chi connectivity index (χ1n) is 5.49. The molecule has 0 aliphatic rings. The molecule has 0 radical (unpaired) electrons. The van der Waals surface area contributed by atoms with Gasteiger partial charge in [-0.1, -0.05) is 13.0 Å². The van der Waals surface area contributed by atoms with Crippen LogP contribution in [-0.4, -0.2) is 14.8 Å². The molecule has 0 aromatic carbocycles. The Kier molecular flexibility index (Phi) is 3.11. The topological polar surface area (TPSA) is 30.7 Å². The van der Waals surface area contributed by atoms with Gasteiger partial charge in [-0.15, -0.1) is 0 Å². The monoisotopic (exact) mass is 255 g/mol. The third kappa shape index (κ3) is 2.37. The summed E-state index contributed by atoms with van der Waals surface area (Å²) in [6.07, 6.45) is -0.149. The van der Waals surface area contributed by atoms with E-state index in [-0.39, 0.29) is 0 Å². The molecule has 18 heavy (non-hydrogen) atoms. The smallest absolute Gasteiger partial charge is 0.237 e. The number of rotatable bonds is 2. The lowest BCUT2D eigenvalue weighted by atomic mass is 10.1. The summed E-state index contributed by atoms with van der Waals surface area (Å²) in [5.41, 5.74) is 1.06. The maximum atomic E-state index is 12.5. The van der Waals surface area contributed by atoms with E-state index in [1.807, 2.05) is 13.0 Å². The molecule has 2 heterocycles. The molecule has 0 unspecified atom stereocenters. The zero-order valence-electron chi connectivity index (χ0n) is 9.99. The molecule has 0 aliphatic heterocycles. The molecule has 0 aliphatic carbocycles. The molecule has 0 fully saturated rings. The Labute approximate surface area is 102 Å². The van der Waals surface area contributed by atoms with E-state index in [9.17, 15) is 13.2 Å². The van der Waals surface area contributed by atoms with Gasteiger partial charge in [-0.05, 0) is 24.5 Å². The molecule has 0 N–H and O–H groups in total. The molecule has 0 bridgehead atoms. The van der Waals surface area contributed by atoms with Crippen LogP contribution >= 0.6 is 0 Å². The van der Waals surface area contributed by atoms with E-state index in [0.717, 1.165) is 34.6 Å². The second-order valence-electron chi connectivity index (χ2n) is 4.01. The Hall–Kier alpha value is -1.85. The van der Waals surface area contributed by atoms with E-state index in [1.54, 1.807) is 13.1 Å². The standard InChI is InChI=1S/C12H12F3N3/c1-3-9-4-8(2)11(16-5-9)18-7-10(6-17-18)12(13,14)15/h4-7H,3H2,1-2H3. The second-order valence-corrected chi connectivity index (χ2v) is 4.01. The molecular formula is C12H12F3N3. The van der Waals surface area contributed by atoms with Gasteiger partial charge in [0.25, 0.3) is 0 Å². The van der Waals surface area contributed by atoms with E-state index in [2.05, 4.69) is 10.1 Å². The highest BCUT2D eigenvalue weighted by Crippen LogP contribution is 2.29. The predicted molar refractivity (Wildman–Crippen MR) is 60.5 cm³/mol. The van der Waals surface area contributed by atoms with Crippen molar-refractivity contribution < 1.29 is 13.2 Å². The first-order chi connectivity index (χ1) is 8.41. The summed E-state index contributed by atoms with van der Waals surface area (Å²) in [7, 11) is 0. The van der Waals surface area contributed by atoms with Crippen LogP contribution < -0.4 is 0 Å². The largest absolute Gasteiger partial charge is 0.419 e. The first kappa shape index (κ1) is 12.6. The fourth-order valence-corrected chi connectivity index (χ4v) is 1.64. The number of hydrogen-bond acceptors (Lipinski definition) is 2. The average Bonchev–Trinajstić information content (AvgIpc) is 2.77. The van der Waals surface area contributed by atoms with Crippen LogP contribution in [0, 0.1) is 6.92 Å². The SMILES string of the molecule is CCc1cnc(-n2cc(C(F)(F)F)cn2)c(C)c1. The number of nitrogens with zero attached hydrogens (tertiary/aromatic N) is 3. The molecule has 0 amide bonds. The van der Waals surface area contributed by atoms with Crippen molar-refractivity contribution in [3.63, 3.8) is 0 Å². The Morgan fingerprint density at radius 2 is 2.00 bits per heavy atom. The van der Waals surface area contributed by atoms with Gasteiger partial charge in [-0.25, -0.2) is 9.67 Å². The fourth-order valence-electron chi connectivity index (χ4n) is 1.64. The van der Waals surface area contributed by atoms with Crippen molar-refractivity contribution in [3.8, 4) is 5.82 Å². The molecule has 0 atom stereocenters. The summed E-state index contributed by atoms with van der Waals surface area (Å²) >= 11 is 0. The molecule has 96 valence electrons. The summed E-state index contributed by atoms with van der Waals surface area (Å²) in [6.45, 7) is 3.79. The second kappa shape index (κ2) is 4.44. The number of aryl methyl sites for hydroxylation is 2. The van der Waals surface area contributed by atoms with Gasteiger partial charge in [0.2, 0.25) is 0 Å². The molecule has 0 saturated carbocycles.